The van der Waals surface area contributed by atoms with Crippen molar-refractivity contribution in [1.29, 1.82) is 0 Å². The van der Waals surface area contributed by atoms with Crippen molar-refractivity contribution in [3.63, 3.8) is 0 Å². The van der Waals surface area contributed by atoms with Gasteiger partial charge in [0.15, 0.2) is 10.8 Å². The minimum atomic E-state index is -0.0644. The van der Waals surface area contributed by atoms with Crippen LogP contribution in [0.2, 0.25) is 0 Å². The smallest absolute Gasteiger partial charge is 0.214 e. The van der Waals surface area contributed by atoms with Crippen LogP contribution in [0.4, 0.5) is 11.5 Å². The van der Waals surface area contributed by atoms with Gasteiger partial charge in [-0.1, -0.05) is 49.4 Å². The van der Waals surface area contributed by atoms with Crippen LogP contribution >= 0.6 is 11.3 Å². The molecule has 9 nitrogen and oxygen atoms in total. The van der Waals surface area contributed by atoms with E-state index in [-0.39, 0.29) is 5.41 Å². The van der Waals surface area contributed by atoms with Gasteiger partial charge in [0.2, 0.25) is 5.88 Å². The molecule has 4 aromatic heterocycles. The Labute approximate surface area is 212 Å². The van der Waals surface area contributed by atoms with E-state index in [0.717, 1.165) is 56.9 Å². The van der Waals surface area contributed by atoms with Crippen molar-refractivity contribution >= 4 is 38.2 Å². The Morgan fingerprint density at radius 2 is 1.94 bits per heavy atom. The number of rotatable bonds is 8. The molecular formula is C26H29N7O2S. The minimum absolute atomic E-state index is 0.0644. The van der Waals surface area contributed by atoms with Crippen LogP contribution in [0, 0.1) is 5.92 Å². The molecule has 0 amide bonds. The number of imidazole rings is 1. The van der Waals surface area contributed by atoms with E-state index in [1.165, 1.54) is 0 Å². The quantitative estimate of drug-likeness (QED) is 0.255. The Kier molecular flexibility index (Phi) is 5.77. The SMILES string of the molecule is CC(C)(C)c1cc(NCNc2ccc(-c3cn4c(n3)sc3nc(OCC5CNC5)ccc34)cc2)no1. The molecule has 36 heavy (non-hydrogen) atoms. The molecule has 1 fully saturated rings. The topological polar surface area (TPSA) is 102 Å². The van der Waals surface area contributed by atoms with Crippen LogP contribution in [0.15, 0.2) is 53.2 Å². The summed E-state index contributed by atoms with van der Waals surface area (Å²) < 4.78 is 13.4. The summed E-state index contributed by atoms with van der Waals surface area (Å²) in [5, 5.41) is 13.9. The van der Waals surface area contributed by atoms with Gasteiger partial charge < -0.3 is 25.2 Å². The van der Waals surface area contributed by atoms with Gasteiger partial charge in [0, 0.05) is 54.0 Å². The van der Waals surface area contributed by atoms with Gasteiger partial charge in [-0.15, -0.1) is 0 Å². The van der Waals surface area contributed by atoms with Gasteiger partial charge in [-0.05, 0) is 18.2 Å². The van der Waals surface area contributed by atoms with Crippen LogP contribution in [0.5, 0.6) is 5.88 Å². The van der Waals surface area contributed by atoms with Crippen molar-refractivity contribution in [2.24, 2.45) is 5.92 Å². The second kappa shape index (κ2) is 9.11. The second-order valence-electron chi connectivity index (χ2n) is 10.1. The normalized spacial score (nSPS) is 14.3. The summed E-state index contributed by atoms with van der Waals surface area (Å²) in [6.45, 7) is 9.58. The third kappa shape index (κ3) is 4.61. The maximum atomic E-state index is 5.87. The molecule has 1 aliphatic rings. The lowest BCUT2D eigenvalue weighted by atomic mass is 9.93. The molecule has 10 heteroatoms. The summed E-state index contributed by atoms with van der Waals surface area (Å²) in [4.78, 5) is 11.4. The molecule has 1 saturated heterocycles. The molecule has 5 aromatic rings. The van der Waals surface area contributed by atoms with E-state index in [4.69, 9.17) is 14.2 Å². The molecule has 0 saturated carbocycles. The number of anilines is 2. The highest BCUT2D eigenvalue weighted by molar-refractivity contribution is 7.23. The van der Waals surface area contributed by atoms with E-state index in [9.17, 15) is 0 Å². The van der Waals surface area contributed by atoms with Crippen molar-refractivity contribution in [1.82, 2.24) is 24.8 Å². The van der Waals surface area contributed by atoms with Crippen molar-refractivity contribution < 1.29 is 9.26 Å². The third-order valence-electron chi connectivity index (χ3n) is 6.26. The molecule has 0 radical (unpaired) electrons. The predicted molar refractivity (Wildman–Crippen MR) is 143 cm³/mol. The first-order chi connectivity index (χ1) is 17.4. The average Bonchev–Trinajstić information content (AvgIpc) is 3.53. The second-order valence-corrected chi connectivity index (χ2v) is 11.1. The number of nitrogens with zero attached hydrogens (tertiary/aromatic N) is 4. The van der Waals surface area contributed by atoms with Gasteiger partial charge in [0.25, 0.3) is 0 Å². The molecule has 5 heterocycles. The number of thiazole rings is 1. The molecule has 0 bridgehead atoms. The first-order valence-electron chi connectivity index (χ1n) is 12.1. The molecule has 1 aromatic carbocycles. The number of aromatic nitrogens is 4. The minimum Gasteiger partial charge on any atom is -0.477 e. The summed E-state index contributed by atoms with van der Waals surface area (Å²) in [5.41, 5.74) is 3.98. The van der Waals surface area contributed by atoms with Crippen molar-refractivity contribution in [2.45, 2.75) is 26.2 Å². The van der Waals surface area contributed by atoms with Gasteiger partial charge in [0.1, 0.15) is 10.6 Å². The lowest BCUT2D eigenvalue weighted by Crippen LogP contribution is -2.45. The monoisotopic (exact) mass is 503 g/mol. The number of fused-ring (bicyclic) bond motifs is 3. The van der Waals surface area contributed by atoms with Gasteiger partial charge >= 0.3 is 0 Å². The zero-order valence-corrected chi connectivity index (χ0v) is 21.4. The van der Waals surface area contributed by atoms with Gasteiger partial charge in [0.05, 0.1) is 24.5 Å². The maximum absolute atomic E-state index is 5.87. The Morgan fingerprint density at radius 1 is 1.11 bits per heavy atom. The molecule has 0 atom stereocenters. The summed E-state index contributed by atoms with van der Waals surface area (Å²) in [6.07, 6.45) is 2.07. The van der Waals surface area contributed by atoms with Crippen molar-refractivity contribution in [3.05, 3.63) is 54.4 Å². The van der Waals surface area contributed by atoms with Crippen LogP contribution in [0.3, 0.4) is 0 Å². The zero-order valence-electron chi connectivity index (χ0n) is 20.5. The number of hydrogen-bond donors (Lipinski definition) is 3. The summed E-state index contributed by atoms with van der Waals surface area (Å²) in [7, 11) is 0. The first-order valence-corrected chi connectivity index (χ1v) is 12.9. The zero-order chi connectivity index (χ0) is 24.7. The lowest BCUT2D eigenvalue weighted by Gasteiger charge is -2.26. The van der Waals surface area contributed by atoms with Gasteiger partial charge in [-0.25, -0.2) is 9.97 Å². The van der Waals surface area contributed by atoms with Gasteiger partial charge in [-0.2, -0.15) is 0 Å². The lowest BCUT2D eigenvalue weighted by molar-refractivity contribution is 0.194. The summed E-state index contributed by atoms with van der Waals surface area (Å²) in [6, 6.07) is 14.2. The third-order valence-corrected chi connectivity index (χ3v) is 7.23. The van der Waals surface area contributed by atoms with Crippen LogP contribution in [0.25, 0.3) is 26.6 Å². The molecule has 0 spiro atoms. The van der Waals surface area contributed by atoms with Crippen LogP contribution in [-0.4, -0.2) is 45.9 Å². The van der Waals surface area contributed by atoms with E-state index in [0.29, 0.717) is 25.1 Å². The van der Waals surface area contributed by atoms with Crippen LogP contribution in [-0.2, 0) is 5.41 Å². The fourth-order valence-corrected chi connectivity index (χ4v) is 4.94. The highest BCUT2D eigenvalue weighted by Gasteiger charge is 2.20. The standard InChI is InChI=1S/C26H29N7O2S/c1-26(2,3)21-10-22(32-35-21)29-15-28-18-6-4-17(5-7-18)19-13-33-20-8-9-23(34-14-16-11-27-12-16)31-24(20)36-25(33)30-19/h4-10,13,16,27-28H,11-12,14-15H2,1-3H3,(H,29,32). The Bertz CT molecular complexity index is 1490. The molecule has 0 aliphatic carbocycles. The van der Waals surface area contributed by atoms with Crippen molar-refractivity contribution in [3.8, 4) is 17.1 Å². The van der Waals surface area contributed by atoms with E-state index in [1.807, 2.05) is 12.1 Å². The Morgan fingerprint density at radius 3 is 2.67 bits per heavy atom. The van der Waals surface area contributed by atoms with Crippen molar-refractivity contribution in [2.75, 3.05) is 37.0 Å². The average molecular weight is 504 g/mol. The molecule has 186 valence electrons. The molecule has 0 unspecified atom stereocenters. The summed E-state index contributed by atoms with van der Waals surface area (Å²) in [5.74, 6) is 2.83. The summed E-state index contributed by atoms with van der Waals surface area (Å²) >= 11 is 1.57. The predicted octanol–water partition coefficient (Wildman–Crippen LogP) is 4.98. The Hall–Kier alpha value is -3.63. The number of pyridine rings is 1. The first kappa shape index (κ1) is 22.8. The van der Waals surface area contributed by atoms with E-state index < -0.39 is 0 Å². The molecule has 6 rings (SSSR count). The van der Waals surface area contributed by atoms with E-state index in [2.05, 4.69) is 87.8 Å². The highest BCUT2D eigenvalue weighted by Crippen LogP contribution is 2.30. The Balaban J connectivity index is 1.10. The van der Waals surface area contributed by atoms with Crippen LogP contribution in [0.1, 0.15) is 26.5 Å². The molecule has 3 N–H and O–H groups in total. The fraction of sp³-hybridized carbons (Fsp3) is 0.346. The molecule has 1 aliphatic heterocycles. The largest absolute Gasteiger partial charge is 0.477 e. The molecular weight excluding hydrogens is 474 g/mol. The number of nitrogens with one attached hydrogen (secondary N) is 3. The van der Waals surface area contributed by atoms with Gasteiger partial charge in [-0.3, -0.25) is 4.40 Å². The van der Waals surface area contributed by atoms with E-state index in [1.54, 1.807) is 11.3 Å². The number of hydrogen-bond acceptors (Lipinski definition) is 9. The number of benzene rings is 1. The van der Waals surface area contributed by atoms with E-state index >= 15 is 0 Å². The fourth-order valence-electron chi connectivity index (χ4n) is 3.97. The van der Waals surface area contributed by atoms with Crippen LogP contribution < -0.4 is 20.7 Å². The maximum Gasteiger partial charge on any atom is 0.214 e. The highest BCUT2D eigenvalue weighted by atomic mass is 32.1. The number of ether oxygens (including phenoxy) is 1.